The van der Waals surface area contributed by atoms with Crippen molar-refractivity contribution < 1.29 is 13.3 Å². The normalized spacial score (nSPS) is 12.0. The van der Waals surface area contributed by atoms with Crippen LogP contribution in [0.15, 0.2) is 269 Å². The highest BCUT2D eigenvalue weighted by Crippen LogP contribution is 2.42. The summed E-state index contributed by atoms with van der Waals surface area (Å²) in [4.78, 5) is 0. The number of benzene rings is 8. The van der Waals surface area contributed by atoms with E-state index in [1.807, 2.05) is 112 Å². The molecule has 0 unspecified atom stereocenters. The van der Waals surface area contributed by atoms with Crippen LogP contribution in [0, 0.1) is 0 Å². The van der Waals surface area contributed by atoms with Crippen LogP contribution in [0.25, 0.3) is 145 Å². The van der Waals surface area contributed by atoms with Gasteiger partial charge in [0.2, 0.25) is 0 Å². The summed E-state index contributed by atoms with van der Waals surface area (Å²) in [6.45, 7) is 0. The van der Waals surface area contributed by atoms with Crippen molar-refractivity contribution in [3.8, 4) is 79.0 Å². The number of rotatable bonds is 10. The molecular formula is C68H42N10O3. The third kappa shape index (κ3) is 7.05. The highest BCUT2D eigenvalue weighted by molar-refractivity contribution is 6.12. The lowest BCUT2D eigenvalue weighted by Gasteiger charge is -2.12. The van der Waals surface area contributed by atoms with Gasteiger partial charge in [-0.1, -0.05) is 78.9 Å². The summed E-state index contributed by atoms with van der Waals surface area (Å²) in [6, 6.07) is 69.3. The van der Waals surface area contributed by atoms with Crippen LogP contribution >= 0.6 is 0 Å². The number of hydrogen-bond acceptors (Lipinski definition) is 7. The second kappa shape index (κ2) is 17.5. The van der Waals surface area contributed by atoms with E-state index in [4.69, 9.17) is 23.4 Å². The van der Waals surface area contributed by atoms with E-state index in [1.54, 1.807) is 23.3 Å². The Hall–Kier alpha value is -11.4. The van der Waals surface area contributed by atoms with Crippen LogP contribution in [0.1, 0.15) is 0 Å². The van der Waals surface area contributed by atoms with Gasteiger partial charge < -0.3 is 22.4 Å². The number of nitrogens with zero attached hydrogens (tertiary/aromatic N) is 10. The zero-order valence-electron chi connectivity index (χ0n) is 42.9. The SMILES string of the molecule is c1ccc(-n2c3ccc(-c4cocc4-c4ccn(-c5cccc(-c6ccc7oc8c(-n9nccc9-n9cccn9)cccc8c7c6)c5)n4)cc3c3cc(-c4cnn(-c5ccc6oc7ccccc7c6c5)c4-n4cccc4)ccc32)cc1. The van der Waals surface area contributed by atoms with Gasteiger partial charge in [-0.2, -0.15) is 20.4 Å². The average Bonchev–Trinajstić information content (AvgIpc) is 4.55. The van der Waals surface area contributed by atoms with Crippen molar-refractivity contribution in [2.75, 3.05) is 0 Å². The number of para-hydroxylation sites is 3. The Morgan fingerprint density at radius 1 is 0.383 bits per heavy atom. The lowest BCUT2D eigenvalue weighted by atomic mass is 9.99. The Balaban J connectivity index is 0.726. The van der Waals surface area contributed by atoms with Crippen LogP contribution in [0.5, 0.6) is 0 Å². The van der Waals surface area contributed by atoms with Crippen LogP contribution in [-0.4, -0.2) is 48.3 Å². The Labute approximate surface area is 460 Å². The summed E-state index contributed by atoms with van der Waals surface area (Å²) in [6.07, 6.45) is 17.2. The van der Waals surface area contributed by atoms with E-state index < -0.39 is 0 Å². The fourth-order valence-corrected chi connectivity index (χ4v) is 11.9. The molecule has 0 bridgehead atoms. The summed E-state index contributed by atoms with van der Waals surface area (Å²) in [5.41, 5.74) is 17.0. The minimum absolute atomic E-state index is 0.753. The van der Waals surface area contributed by atoms with Gasteiger partial charge in [0.1, 0.15) is 34.5 Å². The van der Waals surface area contributed by atoms with Crippen molar-refractivity contribution in [2.24, 2.45) is 0 Å². The predicted octanol–water partition coefficient (Wildman–Crippen LogP) is 16.4. The van der Waals surface area contributed by atoms with Crippen LogP contribution in [0.3, 0.4) is 0 Å². The van der Waals surface area contributed by atoms with Crippen LogP contribution in [-0.2, 0) is 0 Å². The van der Waals surface area contributed by atoms with Gasteiger partial charge in [-0.15, -0.1) is 0 Å². The van der Waals surface area contributed by atoms with Crippen LogP contribution < -0.4 is 0 Å². The maximum atomic E-state index is 6.55. The molecule has 9 heterocycles. The third-order valence-corrected chi connectivity index (χ3v) is 15.6. The second-order valence-electron chi connectivity index (χ2n) is 20.2. The monoisotopic (exact) mass is 1050 g/mol. The molecule has 8 aromatic carbocycles. The molecule has 81 heavy (non-hydrogen) atoms. The summed E-state index contributed by atoms with van der Waals surface area (Å²) in [5, 5.41) is 25.7. The van der Waals surface area contributed by atoms with E-state index in [0.717, 1.165) is 145 Å². The molecule has 0 spiro atoms. The van der Waals surface area contributed by atoms with Gasteiger partial charge in [0.25, 0.3) is 0 Å². The molecule has 17 rings (SSSR count). The molecular weight excluding hydrogens is 1000 g/mol. The molecule has 0 radical (unpaired) electrons. The van der Waals surface area contributed by atoms with Crippen molar-refractivity contribution in [2.45, 2.75) is 0 Å². The molecule has 0 atom stereocenters. The van der Waals surface area contributed by atoms with Gasteiger partial charge in [0.15, 0.2) is 11.4 Å². The Morgan fingerprint density at radius 3 is 1.96 bits per heavy atom. The van der Waals surface area contributed by atoms with Gasteiger partial charge >= 0.3 is 0 Å². The molecule has 0 saturated carbocycles. The van der Waals surface area contributed by atoms with Gasteiger partial charge in [-0.3, -0.25) is 0 Å². The number of aromatic nitrogens is 10. The molecule has 9 aromatic heterocycles. The molecule has 0 aliphatic rings. The fourth-order valence-electron chi connectivity index (χ4n) is 11.9. The topological polar surface area (TPSA) is 121 Å². The molecule has 0 saturated heterocycles. The predicted molar refractivity (Wildman–Crippen MR) is 317 cm³/mol. The molecule has 0 fully saturated rings. The first-order chi connectivity index (χ1) is 40.1. The summed E-state index contributed by atoms with van der Waals surface area (Å²) in [5.74, 6) is 1.75. The van der Waals surface area contributed by atoms with Crippen LogP contribution in [0.4, 0.5) is 0 Å². The van der Waals surface area contributed by atoms with E-state index in [2.05, 4.69) is 159 Å². The van der Waals surface area contributed by atoms with E-state index in [9.17, 15) is 0 Å². The summed E-state index contributed by atoms with van der Waals surface area (Å²) < 4.78 is 30.9. The number of hydrogen-bond donors (Lipinski definition) is 0. The van der Waals surface area contributed by atoms with Crippen molar-refractivity contribution >= 4 is 65.7 Å². The van der Waals surface area contributed by atoms with Crippen LogP contribution in [0.2, 0.25) is 0 Å². The number of fused-ring (bicyclic) bond motifs is 9. The highest BCUT2D eigenvalue weighted by atomic mass is 16.3. The zero-order valence-corrected chi connectivity index (χ0v) is 42.9. The van der Waals surface area contributed by atoms with E-state index in [1.165, 1.54) is 0 Å². The molecule has 0 amide bonds. The Kier molecular flexibility index (Phi) is 9.67. The first-order valence-corrected chi connectivity index (χ1v) is 26.6. The molecule has 0 N–H and O–H groups in total. The third-order valence-electron chi connectivity index (χ3n) is 15.6. The summed E-state index contributed by atoms with van der Waals surface area (Å²) in [7, 11) is 0. The molecule has 13 nitrogen and oxygen atoms in total. The van der Waals surface area contributed by atoms with Gasteiger partial charge in [-0.05, 0) is 138 Å². The van der Waals surface area contributed by atoms with Crippen molar-refractivity contribution in [3.63, 3.8) is 0 Å². The van der Waals surface area contributed by atoms with Crippen molar-refractivity contribution in [3.05, 3.63) is 256 Å². The maximum Gasteiger partial charge on any atom is 0.161 e. The molecule has 0 aliphatic carbocycles. The maximum absolute atomic E-state index is 6.55. The zero-order chi connectivity index (χ0) is 53.1. The first-order valence-electron chi connectivity index (χ1n) is 26.6. The first kappa shape index (κ1) is 44.7. The molecule has 0 aliphatic heterocycles. The van der Waals surface area contributed by atoms with Gasteiger partial charge in [-0.25, -0.2) is 18.7 Å². The molecule has 382 valence electrons. The Bertz CT molecular complexity index is 5250. The van der Waals surface area contributed by atoms with Crippen molar-refractivity contribution in [1.29, 1.82) is 0 Å². The van der Waals surface area contributed by atoms with E-state index in [0.29, 0.717) is 0 Å². The van der Waals surface area contributed by atoms with E-state index >= 15 is 0 Å². The van der Waals surface area contributed by atoms with Gasteiger partial charge in [0, 0.05) is 91.7 Å². The number of furan rings is 3. The second-order valence-corrected chi connectivity index (χ2v) is 20.2. The average molecular weight is 1050 g/mol. The molecule has 17 aromatic rings. The lowest BCUT2D eigenvalue weighted by Crippen LogP contribution is -2.05. The highest BCUT2D eigenvalue weighted by Gasteiger charge is 2.23. The minimum Gasteiger partial charge on any atom is -0.471 e. The Morgan fingerprint density at radius 2 is 1.10 bits per heavy atom. The van der Waals surface area contributed by atoms with Crippen molar-refractivity contribution in [1.82, 2.24) is 48.3 Å². The fraction of sp³-hybridized carbons (Fsp3) is 0. The van der Waals surface area contributed by atoms with E-state index in [-0.39, 0.29) is 0 Å². The quantitative estimate of drug-likeness (QED) is 0.134. The summed E-state index contributed by atoms with van der Waals surface area (Å²) >= 11 is 0. The van der Waals surface area contributed by atoms with Gasteiger partial charge in [0.05, 0.1) is 46.8 Å². The standard InChI is InChI=1S/C68H42N10O3/c1-2-12-47(13-3-1)76-60-23-19-45(56-40-71-77(68(56)73-31-6-7-32-73)49-22-26-64-55(39-49)50-15-4-5-18-63(50)80-64)37-52(60)53-38-46(20-24-61(53)76)57-41-79-42-58(57)59-28-34-74(72-59)48-14-8-11-43(35-48)44-21-25-65-54(36-44)51-16-9-17-62(67(51)81-65)78-66(27-30-70-78)75-33-10-29-69-75/h1-42H. The minimum atomic E-state index is 0.753. The lowest BCUT2D eigenvalue weighted by molar-refractivity contribution is 0.568. The molecule has 13 heteroatoms. The smallest absolute Gasteiger partial charge is 0.161 e. The largest absolute Gasteiger partial charge is 0.471 e.